The van der Waals surface area contributed by atoms with Crippen LogP contribution < -0.4 is 14.8 Å². The molecule has 0 bridgehead atoms. The third kappa shape index (κ3) is 2.31. The van der Waals surface area contributed by atoms with Gasteiger partial charge in [-0.3, -0.25) is 0 Å². The zero-order chi connectivity index (χ0) is 12.7. The first kappa shape index (κ1) is 11.3. The number of benzene rings is 1. The van der Waals surface area contributed by atoms with Gasteiger partial charge >= 0.3 is 0 Å². The molecule has 0 atom stereocenters. The molecule has 5 heteroatoms. The lowest BCUT2D eigenvalue weighted by atomic mass is 10.1. The highest BCUT2D eigenvalue weighted by atomic mass is 32.1. The molecule has 4 nitrogen and oxygen atoms in total. The summed E-state index contributed by atoms with van der Waals surface area (Å²) in [6.45, 7) is 1.19. The zero-order valence-electron chi connectivity index (χ0n) is 10.4. The van der Waals surface area contributed by atoms with Crippen molar-refractivity contribution in [2.75, 3.05) is 6.79 Å². The molecule has 1 fully saturated rings. The van der Waals surface area contributed by atoms with Gasteiger partial charge in [-0.05, 0) is 31.0 Å². The fourth-order valence-electron chi connectivity index (χ4n) is 2.10. The van der Waals surface area contributed by atoms with Gasteiger partial charge in [0.25, 0.3) is 0 Å². The highest BCUT2D eigenvalue weighted by molar-refractivity contribution is 7.09. The van der Waals surface area contributed by atoms with Gasteiger partial charge in [-0.25, -0.2) is 4.98 Å². The van der Waals surface area contributed by atoms with E-state index in [1.54, 1.807) is 11.3 Å². The molecule has 1 aromatic carbocycles. The van der Waals surface area contributed by atoms with Crippen LogP contribution in [0.2, 0.25) is 0 Å². The average Bonchev–Trinajstić information content (AvgIpc) is 2.96. The van der Waals surface area contributed by atoms with Gasteiger partial charge in [-0.2, -0.15) is 0 Å². The summed E-state index contributed by atoms with van der Waals surface area (Å²) in [7, 11) is 0. The Bertz CT molecular complexity index is 607. The van der Waals surface area contributed by atoms with E-state index in [-0.39, 0.29) is 0 Å². The van der Waals surface area contributed by atoms with Crippen molar-refractivity contribution in [2.45, 2.75) is 25.4 Å². The Labute approximate surface area is 115 Å². The maximum absolute atomic E-state index is 5.40. The van der Waals surface area contributed by atoms with E-state index in [2.05, 4.69) is 15.7 Å². The first-order valence-electron chi connectivity index (χ1n) is 6.46. The van der Waals surface area contributed by atoms with Crippen molar-refractivity contribution in [1.82, 2.24) is 10.3 Å². The Kier molecular flexibility index (Phi) is 2.67. The second-order valence-corrected chi connectivity index (χ2v) is 5.79. The summed E-state index contributed by atoms with van der Waals surface area (Å²) in [5.41, 5.74) is 2.09. The van der Waals surface area contributed by atoms with Crippen molar-refractivity contribution in [1.29, 1.82) is 0 Å². The molecule has 2 aromatic rings. The number of ether oxygens (including phenoxy) is 2. The van der Waals surface area contributed by atoms with Gasteiger partial charge in [0.1, 0.15) is 5.01 Å². The molecule has 0 saturated heterocycles. The minimum atomic E-state index is 0.312. The van der Waals surface area contributed by atoms with Crippen molar-refractivity contribution in [2.24, 2.45) is 0 Å². The number of thiazole rings is 1. The maximum Gasteiger partial charge on any atom is 0.231 e. The predicted octanol–water partition coefficient (Wildman–Crippen LogP) is 2.79. The van der Waals surface area contributed by atoms with Crippen LogP contribution >= 0.6 is 11.3 Å². The molecule has 4 rings (SSSR count). The average molecular weight is 274 g/mol. The molecular formula is C14H14N2O2S. The summed E-state index contributed by atoms with van der Waals surface area (Å²) < 4.78 is 10.7. The third-order valence-corrected chi connectivity index (χ3v) is 4.19. The molecule has 0 spiro atoms. The lowest BCUT2D eigenvalue weighted by molar-refractivity contribution is 0.174. The molecule has 2 heterocycles. The van der Waals surface area contributed by atoms with Crippen molar-refractivity contribution >= 4 is 11.3 Å². The lowest BCUT2D eigenvalue weighted by Gasteiger charge is -2.00. The number of nitrogens with zero attached hydrogens (tertiary/aromatic N) is 1. The highest BCUT2D eigenvalue weighted by Gasteiger charge is 2.20. The van der Waals surface area contributed by atoms with Crippen LogP contribution in [0, 0.1) is 0 Å². The van der Waals surface area contributed by atoms with Gasteiger partial charge in [-0.15, -0.1) is 11.3 Å². The van der Waals surface area contributed by atoms with E-state index in [9.17, 15) is 0 Å². The van der Waals surface area contributed by atoms with Gasteiger partial charge in [-0.1, -0.05) is 0 Å². The number of hydrogen-bond acceptors (Lipinski definition) is 5. The van der Waals surface area contributed by atoms with E-state index in [0.717, 1.165) is 40.4 Å². The van der Waals surface area contributed by atoms with Crippen LogP contribution in [-0.4, -0.2) is 17.8 Å². The van der Waals surface area contributed by atoms with Crippen LogP contribution in [-0.2, 0) is 6.54 Å². The molecule has 1 aliphatic heterocycles. The number of fused-ring (bicyclic) bond motifs is 1. The van der Waals surface area contributed by atoms with Gasteiger partial charge < -0.3 is 14.8 Å². The maximum atomic E-state index is 5.40. The summed E-state index contributed by atoms with van der Waals surface area (Å²) in [4.78, 5) is 4.67. The van der Waals surface area contributed by atoms with Crippen LogP contribution in [0.3, 0.4) is 0 Å². The van der Waals surface area contributed by atoms with E-state index < -0.39 is 0 Å². The largest absolute Gasteiger partial charge is 0.454 e. The fraction of sp³-hybridized carbons (Fsp3) is 0.357. The number of hydrogen-bond donors (Lipinski definition) is 1. The SMILES string of the molecule is c1cc2c(cc1-c1csc(CNC3CC3)n1)OCO2. The topological polar surface area (TPSA) is 43.4 Å². The quantitative estimate of drug-likeness (QED) is 0.931. The Balaban J connectivity index is 1.54. The molecule has 1 aliphatic carbocycles. The van der Waals surface area contributed by atoms with E-state index in [1.165, 1.54) is 12.8 Å². The van der Waals surface area contributed by atoms with Crippen LogP contribution in [0.5, 0.6) is 11.5 Å². The van der Waals surface area contributed by atoms with Crippen molar-refractivity contribution in [3.8, 4) is 22.8 Å². The molecule has 19 heavy (non-hydrogen) atoms. The number of aromatic nitrogens is 1. The molecule has 2 aliphatic rings. The Morgan fingerprint density at radius 3 is 3.05 bits per heavy atom. The smallest absolute Gasteiger partial charge is 0.231 e. The van der Waals surface area contributed by atoms with Crippen LogP contribution in [0.15, 0.2) is 23.6 Å². The molecule has 0 radical (unpaired) electrons. The number of nitrogens with one attached hydrogen (secondary N) is 1. The fourth-order valence-corrected chi connectivity index (χ4v) is 2.85. The lowest BCUT2D eigenvalue weighted by Crippen LogP contribution is -2.14. The normalized spacial score (nSPS) is 16.8. The van der Waals surface area contributed by atoms with Crippen LogP contribution in [0.1, 0.15) is 17.8 Å². The number of rotatable bonds is 4. The van der Waals surface area contributed by atoms with E-state index in [0.29, 0.717) is 6.79 Å². The molecule has 98 valence electrons. The molecule has 1 saturated carbocycles. The molecule has 0 unspecified atom stereocenters. The second kappa shape index (κ2) is 4.51. The van der Waals surface area contributed by atoms with E-state index >= 15 is 0 Å². The molecular weight excluding hydrogens is 260 g/mol. The summed E-state index contributed by atoms with van der Waals surface area (Å²) in [6.07, 6.45) is 2.61. The van der Waals surface area contributed by atoms with Crippen LogP contribution in [0.25, 0.3) is 11.3 Å². The minimum absolute atomic E-state index is 0.312. The van der Waals surface area contributed by atoms with Crippen molar-refractivity contribution in [3.63, 3.8) is 0 Å². The van der Waals surface area contributed by atoms with E-state index in [4.69, 9.17) is 9.47 Å². The Hall–Kier alpha value is -1.59. The summed E-state index contributed by atoms with van der Waals surface area (Å²) in [6, 6.07) is 6.69. The minimum Gasteiger partial charge on any atom is -0.454 e. The molecule has 0 amide bonds. The van der Waals surface area contributed by atoms with E-state index in [1.807, 2.05) is 18.2 Å². The Morgan fingerprint density at radius 2 is 2.16 bits per heavy atom. The second-order valence-electron chi connectivity index (χ2n) is 4.85. The molecule has 1 N–H and O–H groups in total. The molecule has 1 aromatic heterocycles. The first-order chi connectivity index (χ1) is 9.38. The highest BCUT2D eigenvalue weighted by Crippen LogP contribution is 2.36. The zero-order valence-corrected chi connectivity index (χ0v) is 11.2. The summed E-state index contributed by atoms with van der Waals surface area (Å²) in [5.74, 6) is 1.62. The van der Waals surface area contributed by atoms with Gasteiger partial charge in [0, 0.05) is 23.5 Å². The predicted molar refractivity (Wildman–Crippen MR) is 73.5 cm³/mol. The van der Waals surface area contributed by atoms with Crippen LogP contribution in [0.4, 0.5) is 0 Å². The van der Waals surface area contributed by atoms with Gasteiger partial charge in [0.15, 0.2) is 11.5 Å². The standard InChI is InChI=1S/C14H14N2O2S/c1-4-12-13(18-8-17-12)5-9(1)11-7-19-14(16-11)6-15-10-2-3-10/h1,4-5,7,10,15H,2-3,6,8H2. The monoisotopic (exact) mass is 274 g/mol. The first-order valence-corrected chi connectivity index (χ1v) is 7.34. The third-order valence-electron chi connectivity index (χ3n) is 3.34. The van der Waals surface area contributed by atoms with Gasteiger partial charge in [0.2, 0.25) is 6.79 Å². The van der Waals surface area contributed by atoms with Crippen molar-refractivity contribution in [3.05, 3.63) is 28.6 Å². The summed E-state index contributed by atoms with van der Waals surface area (Å²) >= 11 is 1.70. The van der Waals surface area contributed by atoms with Crippen molar-refractivity contribution < 1.29 is 9.47 Å². The summed E-state index contributed by atoms with van der Waals surface area (Å²) in [5, 5.41) is 6.72. The van der Waals surface area contributed by atoms with Gasteiger partial charge in [0.05, 0.1) is 5.69 Å². The Morgan fingerprint density at radius 1 is 1.26 bits per heavy atom.